The third kappa shape index (κ3) is 3.94. The molecule has 0 saturated heterocycles. The van der Waals surface area contributed by atoms with Crippen LogP contribution >= 0.6 is 11.6 Å². The van der Waals surface area contributed by atoms with Crippen LogP contribution in [-0.4, -0.2) is 41.3 Å². The summed E-state index contributed by atoms with van der Waals surface area (Å²) in [4.78, 5) is 16.4. The van der Waals surface area contributed by atoms with Crippen LogP contribution in [0.15, 0.2) is 53.3 Å². The van der Waals surface area contributed by atoms with Crippen LogP contribution in [0.2, 0.25) is 5.15 Å². The molecule has 0 fully saturated rings. The number of hydrogen-bond donors (Lipinski definition) is 2. The van der Waals surface area contributed by atoms with E-state index in [1.807, 2.05) is 36.4 Å². The summed E-state index contributed by atoms with van der Waals surface area (Å²) in [5, 5.41) is 24.0. The Balaban J connectivity index is 1.62. The zero-order chi connectivity index (χ0) is 23.7. The van der Waals surface area contributed by atoms with E-state index in [2.05, 4.69) is 32.5 Å². The number of carboxylic acids is 1. The summed E-state index contributed by atoms with van der Waals surface area (Å²) in [5.74, 6) is 0.0766. The highest BCUT2D eigenvalue weighted by Gasteiger charge is 2.25. The van der Waals surface area contributed by atoms with Gasteiger partial charge < -0.3 is 14.1 Å². The molecule has 1 aliphatic carbocycles. The number of carboxylic acid groups (broad SMARTS) is 1. The number of aromatic nitrogens is 6. The Labute approximate surface area is 199 Å². The maximum Gasteiger partial charge on any atom is 0.355 e. The molecule has 5 rings (SSSR count). The van der Waals surface area contributed by atoms with Gasteiger partial charge in [-0.3, -0.25) is 0 Å². The molecule has 0 bridgehead atoms. The lowest BCUT2D eigenvalue weighted by molar-refractivity contribution is 0.0685. The number of carbonyl (C=O) groups is 1. The Morgan fingerprint density at radius 2 is 1.94 bits per heavy atom. The number of hydrogen-bond acceptors (Lipinski definition) is 6. The number of rotatable bonds is 8. The number of unbranched alkanes of at least 4 members (excludes halogenated alkanes) is 1. The third-order valence-electron chi connectivity index (χ3n) is 5.85. The molecular formula is C24H21ClN6O3. The summed E-state index contributed by atoms with van der Waals surface area (Å²) in [6.45, 7) is 2.40. The molecule has 10 heteroatoms. The Morgan fingerprint density at radius 1 is 1.15 bits per heavy atom. The molecule has 34 heavy (non-hydrogen) atoms. The summed E-state index contributed by atoms with van der Waals surface area (Å²) in [5.41, 5.74) is 5.64. The van der Waals surface area contributed by atoms with Crippen molar-refractivity contribution in [2.45, 2.75) is 32.7 Å². The zero-order valence-electron chi connectivity index (χ0n) is 18.3. The Morgan fingerprint density at radius 3 is 2.65 bits per heavy atom. The van der Waals surface area contributed by atoms with Crippen molar-refractivity contribution in [1.29, 1.82) is 0 Å². The van der Waals surface area contributed by atoms with E-state index in [9.17, 15) is 9.90 Å². The van der Waals surface area contributed by atoms with Gasteiger partial charge in [0.05, 0.1) is 19.1 Å². The van der Waals surface area contributed by atoms with Crippen LogP contribution in [0.1, 0.15) is 41.6 Å². The van der Waals surface area contributed by atoms with Crippen molar-refractivity contribution >= 4 is 17.6 Å². The van der Waals surface area contributed by atoms with E-state index < -0.39 is 5.97 Å². The van der Waals surface area contributed by atoms with Crippen LogP contribution in [0.5, 0.6) is 0 Å². The second-order valence-corrected chi connectivity index (χ2v) is 8.30. The van der Waals surface area contributed by atoms with E-state index in [4.69, 9.17) is 16.0 Å². The Hall–Kier alpha value is -3.98. The second-order valence-electron chi connectivity index (χ2n) is 7.94. The highest BCUT2D eigenvalue weighted by molar-refractivity contribution is 6.32. The van der Waals surface area contributed by atoms with Crippen molar-refractivity contribution in [3.8, 4) is 33.6 Å². The summed E-state index contributed by atoms with van der Waals surface area (Å²) in [7, 11) is 0. The number of aromatic carboxylic acids is 1. The molecule has 3 heterocycles. The normalized spacial score (nSPS) is 11.4. The maximum absolute atomic E-state index is 12.0. The quantitative estimate of drug-likeness (QED) is 0.316. The topological polar surface area (TPSA) is 123 Å². The van der Waals surface area contributed by atoms with Crippen molar-refractivity contribution < 1.29 is 14.3 Å². The van der Waals surface area contributed by atoms with Crippen molar-refractivity contribution in [2.24, 2.45) is 0 Å². The largest absolute Gasteiger partial charge is 0.476 e. The fourth-order valence-corrected chi connectivity index (χ4v) is 4.47. The maximum atomic E-state index is 12.0. The van der Waals surface area contributed by atoms with Gasteiger partial charge in [0.2, 0.25) is 5.82 Å². The minimum Gasteiger partial charge on any atom is -0.476 e. The van der Waals surface area contributed by atoms with Crippen molar-refractivity contribution in [3.63, 3.8) is 0 Å². The summed E-state index contributed by atoms with van der Waals surface area (Å²) >= 11 is 6.26. The zero-order valence-corrected chi connectivity index (χ0v) is 19.1. The molecule has 0 amide bonds. The number of aryl methyl sites for hydroxylation is 1. The van der Waals surface area contributed by atoms with E-state index in [0.717, 1.165) is 46.2 Å². The fraction of sp³-hybridized carbons (Fsp3) is 0.208. The average Bonchev–Trinajstić information content (AvgIpc) is 3.56. The second kappa shape index (κ2) is 9.11. The lowest BCUT2D eigenvalue weighted by Crippen LogP contribution is -2.13. The van der Waals surface area contributed by atoms with E-state index in [0.29, 0.717) is 24.6 Å². The lowest BCUT2D eigenvalue weighted by atomic mass is 10.0. The molecule has 1 aromatic carbocycles. The number of imidazole rings is 1. The number of aromatic amines is 1. The van der Waals surface area contributed by atoms with E-state index >= 15 is 0 Å². The SMILES string of the molecule is CCCCc1nc(Cl)c(C(=O)O)n1Cc1c2ccocc-2cc1-c1ccc(-c2nn[nH]n2)cc1. The molecule has 172 valence electrons. The van der Waals surface area contributed by atoms with Crippen LogP contribution in [-0.2, 0) is 13.0 Å². The summed E-state index contributed by atoms with van der Waals surface area (Å²) < 4.78 is 7.11. The van der Waals surface area contributed by atoms with Crippen LogP contribution < -0.4 is 0 Å². The molecule has 0 spiro atoms. The third-order valence-corrected chi connectivity index (χ3v) is 6.11. The van der Waals surface area contributed by atoms with Crippen molar-refractivity contribution in [1.82, 2.24) is 30.2 Å². The van der Waals surface area contributed by atoms with Gasteiger partial charge in [-0.05, 0) is 46.0 Å². The highest BCUT2D eigenvalue weighted by Crippen LogP contribution is 2.39. The number of nitrogens with one attached hydrogen (secondary N) is 1. The first kappa shape index (κ1) is 21.8. The molecule has 2 aliphatic rings. The molecule has 0 radical (unpaired) electrons. The Bertz CT molecular complexity index is 1410. The van der Waals surface area contributed by atoms with Gasteiger partial charge >= 0.3 is 5.97 Å². The first-order valence-corrected chi connectivity index (χ1v) is 11.2. The predicted octanol–water partition coefficient (Wildman–Crippen LogP) is 5.17. The molecule has 0 unspecified atom stereocenters. The lowest BCUT2D eigenvalue weighted by Gasteiger charge is -2.13. The van der Waals surface area contributed by atoms with Crippen LogP contribution in [0.25, 0.3) is 33.6 Å². The van der Waals surface area contributed by atoms with Crippen LogP contribution in [0.3, 0.4) is 0 Å². The first-order chi connectivity index (χ1) is 16.6. The number of nitrogens with zero attached hydrogens (tertiary/aromatic N) is 5. The van der Waals surface area contributed by atoms with Gasteiger partial charge in [-0.25, -0.2) is 9.78 Å². The summed E-state index contributed by atoms with van der Waals surface area (Å²) in [6, 6.07) is 11.8. The summed E-state index contributed by atoms with van der Waals surface area (Å²) in [6.07, 6.45) is 5.80. The molecule has 2 N–H and O–H groups in total. The van der Waals surface area contributed by atoms with Crippen LogP contribution in [0.4, 0.5) is 0 Å². The standard InChI is InChI=1S/C24H21ClN6O3/c1-2-3-4-20-26-22(25)21(24(32)33)31(20)12-19-17-9-10-34-13-16(17)11-18(19)14-5-7-15(8-6-14)23-27-29-30-28-23/h5-11,13H,2-4,12H2,1H3,(H,32,33)(H,27,28,29,30). The number of halogens is 1. The predicted molar refractivity (Wildman–Crippen MR) is 126 cm³/mol. The van der Waals surface area contributed by atoms with E-state index in [-0.39, 0.29) is 10.8 Å². The molecule has 9 nitrogen and oxygen atoms in total. The first-order valence-electron chi connectivity index (χ1n) is 10.9. The minimum absolute atomic E-state index is 0.00106. The van der Waals surface area contributed by atoms with Gasteiger partial charge in [0.1, 0.15) is 5.82 Å². The van der Waals surface area contributed by atoms with Crippen molar-refractivity contribution in [3.05, 3.63) is 71.2 Å². The monoisotopic (exact) mass is 476 g/mol. The minimum atomic E-state index is -1.10. The molecular weight excluding hydrogens is 456 g/mol. The number of fused-ring (bicyclic) bond motifs is 1. The van der Waals surface area contributed by atoms with Gasteiger partial charge in [-0.15, -0.1) is 10.2 Å². The van der Waals surface area contributed by atoms with Gasteiger partial charge in [0.15, 0.2) is 10.8 Å². The number of tetrazole rings is 1. The smallest absolute Gasteiger partial charge is 0.355 e. The molecule has 0 saturated carbocycles. The fourth-order valence-electron chi connectivity index (χ4n) is 4.19. The van der Waals surface area contributed by atoms with E-state index in [1.165, 1.54) is 0 Å². The van der Waals surface area contributed by atoms with Gasteiger partial charge in [0.25, 0.3) is 0 Å². The van der Waals surface area contributed by atoms with Gasteiger partial charge in [-0.2, -0.15) is 5.21 Å². The van der Waals surface area contributed by atoms with Gasteiger partial charge in [0, 0.05) is 17.5 Å². The average molecular weight is 477 g/mol. The molecule has 1 aliphatic heterocycles. The van der Waals surface area contributed by atoms with Crippen molar-refractivity contribution in [2.75, 3.05) is 0 Å². The number of benzene rings is 1. The number of H-pyrrole nitrogens is 1. The molecule has 0 atom stereocenters. The highest BCUT2D eigenvalue weighted by atomic mass is 35.5. The van der Waals surface area contributed by atoms with Crippen LogP contribution in [0, 0.1) is 0 Å². The Kier molecular flexibility index (Phi) is 5.85. The van der Waals surface area contributed by atoms with Gasteiger partial charge in [-0.1, -0.05) is 49.2 Å². The van der Waals surface area contributed by atoms with E-state index in [1.54, 1.807) is 17.1 Å². The molecule has 2 aromatic heterocycles. The molecule has 3 aromatic rings.